The molecule has 0 radical (unpaired) electrons. The van der Waals surface area contributed by atoms with Crippen LogP contribution in [0.4, 0.5) is 5.69 Å². The van der Waals surface area contributed by atoms with Crippen LogP contribution in [0.25, 0.3) is 0 Å². The topological polar surface area (TPSA) is 64.4 Å². The first-order valence-electron chi connectivity index (χ1n) is 7.08. The smallest absolute Gasteiger partial charge is 0.328 e. The van der Waals surface area contributed by atoms with E-state index in [0.29, 0.717) is 0 Å². The summed E-state index contributed by atoms with van der Waals surface area (Å²) in [7, 11) is 0. The van der Waals surface area contributed by atoms with Gasteiger partial charge in [-0.15, -0.1) is 0 Å². The summed E-state index contributed by atoms with van der Waals surface area (Å²) in [6.07, 6.45) is 4.98. The van der Waals surface area contributed by atoms with E-state index >= 15 is 0 Å². The largest absolute Gasteiger partial charge is 0.462 e. The van der Waals surface area contributed by atoms with E-state index in [0.717, 1.165) is 36.3 Å². The fourth-order valence-electron chi connectivity index (χ4n) is 2.29. The van der Waals surface area contributed by atoms with Crippen molar-refractivity contribution in [2.24, 2.45) is 0 Å². The molecule has 0 spiro atoms. The van der Waals surface area contributed by atoms with Crippen LogP contribution in [0.1, 0.15) is 33.1 Å². The van der Waals surface area contributed by atoms with Gasteiger partial charge in [0, 0.05) is 19.2 Å². The molecule has 0 bridgehead atoms. The standard InChI is InChI=1S/C14H21N3O3/c1-11(2)20-14(19)10-17-13(18)8-12(9-15-17)16-6-4-3-5-7-16/h8-9,11H,3-7,10H2,1-2H3. The molecule has 110 valence electrons. The Hall–Kier alpha value is -1.85. The van der Waals surface area contributed by atoms with Crippen molar-refractivity contribution in [1.29, 1.82) is 0 Å². The first kappa shape index (κ1) is 14.6. The molecular weight excluding hydrogens is 258 g/mol. The molecule has 2 rings (SSSR count). The van der Waals surface area contributed by atoms with E-state index < -0.39 is 5.97 Å². The SMILES string of the molecule is CC(C)OC(=O)Cn1ncc(N2CCCCC2)cc1=O. The first-order valence-corrected chi connectivity index (χ1v) is 7.08. The lowest BCUT2D eigenvalue weighted by Gasteiger charge is -2.28. The lowest BCUT2D eigenvalue weighted by atomic mass is 10.1. The van der Waals surface area contributed by atoms with E-state index in [2.05, 4.69) is 10.00 Å². The van der Waals surface area contributed by atoms with Crippen LogP contribution >= 0.6 is 0 Å². The molecule has 1 saturated heterocycles. The van der Waals surface area contributed by atoms with Gasteiger partial charge in [-0.3, -0.25) is 9.59 Å². The van der Waals surface area contributed by atoms with Gasteiger partial charge >= 0.3 is 5.97 Å². The third-order valence-corrected chi connectivity index (χ3v) is 3.22. The van der Waals surface area contributed by atoms with E-state index in [1.807, 2.05) is 0 Å². The highest BCUT2D eigenvalue weighted by Crippen LogP contribution is 2.16. The molecule has 1 aliphatic heterocycles. The zero-order chi connectivity index (χ0) is 14.5. The quantitative estimate of drug-likeness (QED) is 0.775. The second-order valence-electron chi connectivity index (χ2n) is 5.30. The Morgan fingerprint density at radius 3 is 2.65 bits per heavy atom. The second kappa shape index (κ2) is 6.54. The van der Waals surface area contributed by atoms with Gasteiger partial charge < -0.3 is 9.64 Å². The van der Waals surface area contributed by atoms with E-state index in [4.69, 9.17) is 4.74 Å². The average molecular weight is 279 g/mol. The van der Waals surface area contributed by atoms with Crippen LogP contribution in [-0.4, -0.2) is 34.9 Å². The summed E-state index contributed by atoms with van der Waals surface area (Å²) in [4.78, 5) is 25.7. The number of anilines is 1. The summed E-state index contributed by atoms with van der Waals surface area (Å²) in [5.41, 5.74) is 0.567. The number of carbonyl (C=O) groups is 1. The number of rotatable bonds is 4. The average Bonchev–Trinajstić information content (AvgIpc) is 2.41. The Kier molecular flexibility index (Phi) is 4.76. The Labute approximate surface area is 118 Å². The minimum atomic E-state index is -0.444. The van der Waals surface area contributed by atoms with Gasteiger partial charge in [-0.05, 0) is 33.1 Å². The Bertz CT molecular complexity index is 519. The fourth-order valence-corrected chi connectivity index (χ4v) is 2.29. The third-order valence-electron chi connectivity index (χ3n) is 3.22. The number of aromatic nitrogens is 2. The lowest BCUT2D eigenvalue weighted by Crippen LogP contribution is -2.33. The highest BCUT2D eigenvalue weighted by molar-refractivity contribution is 5.69. The highest BCUT2D eigenvalue weighted by atomic mass is 16.5. The molecule has 0 aromatic carbocycles. The predicted molar refractivity (Wildman–Crippen MR) is 75.8 cm³/mol. The second-order valence-corrected chi connectivity index (χ2v) is 5.30. The van der Waals surface area contributed by atoms with Crippen molar-refractivity contribution in [1.82, 2.24) is 9.78 Å². The summed E-state index contributed by atoms with van der Waals surface area (Å²) in [5.74, 6) is -0.444. The van der Waals surface area contributed by atoms with Gasteiger partial charge in [-0.25, -0.2) is 4.68 Å². The molecule has 6 heteroatoms. The molecular formula is C14H21N3O3. The van der Waals surface area contributed by atoms with Gasteiger partial charge in [0.15, 0.2) is 0 Å². The molecule has 1 aromatic rings. The Morgan fingerprint density at radius 2 is 2.05 bits per heavy atom. The molecule has 0 saturated carbocycles. The van der Waals surface area contributed by atoms with Crippen molar-refractivity contribution in [2.75, 3.05) is 18.0 Å². The van der Waals surface area contributed by atoms with Crippen molar-refractivity contribution >= 4 is 11.7 Å². The predicted octanol–water partition coefficient (Wildman–Crippen LogP) is 1.19. The number of hydrogen-bond acceptors (Lipinski definition) is 5. The van der Waals surface area contributed by atoms with E-state index in [-0.39, 0.29) is 18.2 Å². The van der Waals surface area contributed by atoms with Gasteiger partial charge in [0.2, 0.25) is 0 Å². The molecule has 0 unspecified atom stereocenters. The zero-order valence-corrected chi connectivity index (χ0v) is 12.0. The maximum atomic E-state index is 12.0. The van der Waals surface area contributed by atoms with Crippen LogP contribution in [0, 0.1) is 0 Å². The van der Waals surface area contributed by atoms with Gasteiger partial charge in [-0.1, -0.05) is 0 Å². The zero-order valence-electron chi connectivity index (χ0n) is 12.0. The normalized spacial score (nSPS) is 15.4. The Morgan fingerprint density at radius 1 is 1.35 bits per heavy atom. The summed E-state index contributed by atoms with van der Waals surface area (Å²) in [6, 6.07) is 1.54. The van der Waals surface area contributed by atoms with Crippen molar-refractivity contribution in [3.63, 3.8) is 0 Å². The fraction of sp³-hybridized carbons (Fsp3) is 0.643. The molecule has 2 heterocycles. The maximum absolute atomic E-state index is 12.0. The molecule has 0 aliphatic carbocycles. The van der Waals surface area contributed by atoms with E-state index in [9.17, 15) is 9.59 Å². The van der Waals surface area contributed by atoms with Crippen molar-refractivity contribution < 1.29 is 9.53 Å². The van der Waals surface area contributed by atoms with Gasteiger partial charge in [0.1, 0.15) is 6.54 Å². The number of hydrogen-bond donors (Lipinski definition) is 0. The summed E-state index contributed by atoms with van der Waals surface area (Å²) >= 11 is 0. The molecule has 1 aromatic heterocycles. The van der Waals surface area contributed by atoms with Crippen LogP contribution in [0.3, 0.4) is 0 Å². The van der Waals surface area contributed by atoms with E-state index in [1.165, 1.54) is 6.42 Å². The summed E-state index contributed by atoms with van der Waals surface area (Å²) < 4.78 is 6.14. The van der Waals surface area contributed by atoms with Crippen molar-refractivity contribution in [2.45, 2.75) is 45.8 Å². The van der Waals surface area contributed by atoms with Gasteiger partial charge in [0.05, 0.1) is 18.0 Å². The van der Waals surface area contributed by atoms with Gasteiger partial charge in [0.25, 0.3) is 5.56 Å². The number of nitrogens with zero attached hydrogens (tertiary/aromatic N) is 3. The molecule has 0 amide bonds. The molecule has 0 atom stereocenters. The van der Waals surface area contributed by atoms with Crippen molar-refractivity contribution in [3.8, 4) is 0 Å². The molecule has 0 N–H and O–H groups in total. The van der Waals surface area contributed by atoms with E-state index in [1.54, 1.807) is 26.1 Å². The molecule has 1 aliphatic rings. The number of carbonyl (C=O) groups excluding carboxylic acids is 1. The number of ether oxygens (including phenoxy) is 1. The van der Waals surface area contributed by atoms with Crippen LogP contribution in [-0.2, 0) is 16.1 Å². The minimum absolute atomic E-state index is 0.142. The van der Waals surface area contributed by atoms with Gasteiger partial charge in [-0.2, -0.15) is 5.10 Å². The first-order chi connectivity index (χ1) is 9.56. The number of piperidine rings is 1. The Balaban J connectivity index is 2.05. The molecule has 6 nitrogen and oxygen atoms in total. The maximum Gasteiger partial charge on any atom is 0.328 e. The lowest BCUT2D eigenvalue weighted by molar-refractivity contribution is -0.148. The monoisotopic (exact) mass is 279 g/mol. The molecule has 1 fully saturated rings. The third kappa shape index (κ3) is 3.82. The van der Waals surface area contributed by atoms with Crippen LogP contribution in [0.15, 0.2) is 17.1 Å². The van der Waals surface area contributed by atoms with Crippen LogP contribution in [0.5, 0.6) is 0 Å². The minimum Gasteiger partial charge on any atom is -0.462 e. The number of esters is 1. The van der Waals surface area contributed by atoms with Crippen LogP contribution in [0.2, 0.25) is 0 Å². The van der Waals surface area contributed by atoms with Crippen molar-refractivity contribution in [3.05, 3.63) is 22.6 Å². The van der Waals surface area contributed by atoms with Crippen LogP contribution < -0.4 is 10.5 Å². The highest BCUT2D eigenvalue weighted by Gasteiger charge is 2.14. The summed E-state index contributed by atoms with van der Waals surface area (Å²) in [5, 5.41) is 4.06. The summed E-state index contributed by atoms with van der Waals surface area (Å²) in [6.45, 7) is 5.32. The molecule has 20 heavy (non-hydrogen) atoms.